The van der Waals surface area contributed by atoms with Gasteiger partial charge in [0, 0.05) is 0 Å². The van der Waals surface area contributed by atoms with Crippen molar-refractivity contribution in [2.45, 2.75) is 33.1 Å². The molecule has 2 heteroatoms. The number of unbranched alkanes of at least 4 members (excludes halogenated alkanes) is 1. The van der Waals surface area contributed by atoms with Crippen LogP contribution in [0.15, 0.2) is 12.3 Å². The first-order valence-corrected chi connectivity index (χ1v) is 5.17. The fourth-order valence-electron chi connectivity index (χ4n) is 1.44. The van der Waals surface area contributed by atoms with Gasteiger partial charge in [0.2, 0.25) is 0 Å². The molecule has 0 spiro atoms. The van der Waals surface area contributed by atoms with Gasteiger partial charge in [-0.25, -0.2) is 0 Å². The smallest absolute Gasteiger partial charge is 0.0754 e. The van der Waals surface area contributed by atoms with Crippen LogP contribution in [0.3, 0.4) is 0 Å². The highest BCUT2D eigenvalue weighted by Gasteiger charge is 2.08. The van der Waals surface area contributed by atoms with E-state index in [1.54, 1.807) is 0 Å². The quantitative estimate of drug-likeness (QED) is 0.472. The average Bonchev–Trinajstić information content (AvgIpc) is 2.10. The molecule has 2 N–H and O–H groups in total. The Morgan fingerprint density at radius 2 is 2.00 bits per heavy atom. The number of nitrogens with one attached hydrogen (secondary N) is 1. The maximum atomic E-state index is 8.70. The van der Waals surface area contributed by atoms with Crippen molar-refractivity contribution in [1.29, 1.82) is 0 Å². The number of rotatable bonds is 7. The van der Waals surface area contributed by atoms with Gasteiger partial charge in [0.25, 0.3) is 0 Å². The van der Waals surface area contributed by atoms with Gasteiger partial charge in [-0.3, -0.25) is 0 Å². The SMILES string of the molecule is CNCCCCC(/C=C/O)C(C)C. The predicted octanol–water partition coefficient (Wildman–Crippen LogP) is 2.72. The summed E-state index contributed by atoms with van der Waals surface area (Å²) in [4.78, 5) is 0. The van der Waals surface area contributed by atoms with Crippen molar-refractivity contribution in [3.05, 3.63) is 12.3 Å². The molecule has 0 aliphatic heterocycles. The monoisotopic (exact) mass is 185 g/mol. The molecule has 78 valence electrons. The molecule has 2 nitrogen and oxygen atoms in total. The molecule has 0 aliphatic carbocycles. The van der Waals surface area contributed by atoms with E-state index in [0.717, 1.165) is 6.54 Å². The van der Waals surface area contributed by atoms with Crippen LogP contribution in [0.25, 0.3) is 0 Å². The summed E-state index contributed by atoms with van der Waals surface area (Å²) in [6, 6.07) is 0. The summed E-state index contributed by atoms with van der Waals surface area (Å²) in [5.74, 6) is 1.15. The molecule has 1 atom stereocenters. The van der Waals surface area contributed by atoms with E-state index in [2.05, 4.69) is 19.2 Å². The summed E-state index contributed by atoms with van der Waals surface area (Å²) in [7, 11) is 1.98. The second-order valence-electron chi connectivity index (χ2n) is 3.85. The Hall–Kier alpha value is -0.500. The predicted molar refractivity (Wildman–Crippen MR) is 57.9 cm³/mol. The lowest BCUT2D eigenvalue weighted by Crippen LogP contribution is -2.10. The van der Waals surface area contributed by atoms with Crippen LogP contribution in [-0.2, 0) is 0 Å². The molecule has 0 saturated carbocycles. The zero-order valence-electron chi connectivity index (χ0n) is 9.09. The lowest BCUT2D eigenvalue weighted by molar-refractivity contribution is 0.398. The van der Waals surface area contributed by atoms with E-state index in [4.69, 9.17) is 5.11 Å². The zero-order valence-corrected chi connectivity index (χ0v) is 9.09. The highest BCUT2D eigenvalue weighted by molar-refractivity contribution is 4.84. The van der Waals surface area contributed by atoms with Gasteiger partial charge in [0.05, 0.1) is 6.26 Å². The van der Waals surface area contributed by atoms with Gasteiger partial charge in [-0.2, -0.15) is 0 Å². The first-order valence-electron chi connectivity index (χ1n) is 5.17. The van der Waals surface area contributed by atoms with Crippen LogP contribution in [-0.4, -0.2) is 18.7 Å². The summed E-state index contributed by atoms with van der Waals surface area (Å²) < 4.78 is 0. The fraction of sp³-hybridized carbons (Fsp3) is 0.818. The van der Waals surface area contributed by atoms with E-state index in [-0.39, 0.29) is 0 Å². The minimum Gasteiger partial charge on any atom is -0.516 e. The normalized spacial score (nSPS) is 14.2. The van der Waals surface area contributed by atoms with Gasteiger partial charge in [-0.05, 0) is 44.3 Å². The molecule has 0 bridgehead atoms. The van der Waals surface area contributed by atoms with E-state index in [1.165, 1.54) is 25.5 Å². The van der Waals surface area contributed by atoms with Crippen LogP contribution < -0.4 is 5.32 Å². The number of hydrogen-bond acceptors (Lipinski definition) is 2. The lowest BCUT2D eigenvalue weighted by Gasteiger charge is -2.15. The fourth-order valence-corrected chi connectivity index (χ4v) is 1.44. The molecule has 0 aromatic carbocycles. The second kappa shape index (κ2) is 8.11. The number of aliphatic hydroxyl groups is 1. The van der Waals surface area contributed by atoms with Crippen molar-refractivity contribution in [3.63, 3.8) is 0 Å². The standard InChI is InChI=1S/C11H23NO/c1-10(2)11(7-9-13)6-4-5-8-12-3/h7,9-13H,4-6,8H2,1-3H3/b9-7+. The Morgan fingerprint density at radius 3 is 2.46 bits per heavy atom. The molecule has 0 fully saturated rings. The van der Waals surface area contributed by atoms with Gasteiger partial charge in [-0.1, -0.05) is 20.3 Å². The third kappa shape index (κ3) is 6.64. The largest absolute Gasteiger partial charge is 0.516 e. The second-order valence-corrected chi connectivity index (χ2v) is 3.85. The first-order chi connectivity index (χ1) is 6.22. The minimum absolute atomic E-state index is 0.529. The Bertz CT molecular complexity index is 132. The molecule has 0 aromatic heterocycles. The molecule has 0 radical (unpaired) electrons. The van der Waals surface area contributed by atoms with Gasteiger partial charge < -0.3 is 10.4 Å². The Balaban J connectivity index is 3.57. The van der Waals surface area contributed by atoms with E-state index >= 15 is 0 Å². The van der Waals surface area contributed by atoms with Crippen molar-refractivity contribution in [2.75, 3.05) is 13.6 Å². The van der Waals surface area contributed by atoms with Crippen LogP contribution in [0.5, 0.6) is 0 Å². The van der Waals surface area contributed by atoms with Crippen LogP contribution in [0.1, 0.15) is 33.1 Å². The van der Waals surface area contributed by atoms with E-state index in [9.17, 15) is 0 Å². The van der Waals surface area contributed by atoms with Crippen LogP contribution >= 0.6 is 0 Å². The summed E-state index contributed by atoms with van der Waals surface area (Å²) in [5.41, 5.74) is 0. The first kappa shape index (κ1) is 12.5. The van der Waals surface area contributed by atoms with E-state index < -0.39 is 0 Å². The number of aliphatic hydroxyl groups excluding tert-OH is 1. The molecule has 13 heavy (non-hydrogen) atoms. The summed E-state index contributed by atoms with van der Waals surface area (Å²) in [5, 5.41) is 11.8. The minimum atomic E-state index is 0.529. The highest BCUT2D eigenvalue weighted by atomic mass is 16.2. The maximum Gasteiger partial charge on any atom is 0.0754 e. The van der Waals surface area contributed by atoms with E-state index in [0.29, 0.717) is 11.8 Å². The van der Waals surface area contributed by atoms with Crippen molar-refractivity contribution in [1.82, 2.24) is 5.32 Å². The molecule has 0 aliphatic rings. The molecule has 0 aromatic rings. The van der Waals surface area contributed by atoms with Gasteiger partial charge in [0.1, 0.15) is 0 Å². The highest BCUT2D eigenvalue weighted by Crippen LogP contribution is 2.19. The van der Waals surface area contributed by atoms with Gasteiger partial charge >= 0.3 is 0 Å². The molecule has 0 saturated heterocycles. The van der Waals surface area contributed by atoms with Crippen molar-refractivity contribution in [3.8, 4) is 0 Å². The maximum absolute atomic E-state index is 8.70. The average molecular weight is 185 g/mol. The molecule has 0 heterocycles. The summed E-state index contributed by atoms with van der Waals surface area (Å²) in [6.45, 7) is 5.49. The number of allylic oxidation sites excluding steroid dienone is 1. The van der Waals surface area contributed by atoms with Crippen molar-refractivity contribution in [2.24, 2.45) is 11.8 Å². The molecule has 0 amide bonds. The topological polar surface area (TPSA) is 32.3 Å². The van der Waals surface area contributed by atoms with Crippen LogP contribution in [0.4, 0.5) is 0 Å². The van der Waals surface area contributed by atoms with Gasteiger partial charge in [0.15, 0.2) is 0 Å². The van der Waals surface area contributed by atoms with Gasteiger partial charge in [-0.15, -0.1) is 0 Å². The van der Waals surface area contributed by atoms with Crippen molar-refractivity contribution < 1.29 is 5.11 Å². The summed E-state index contributed by atoms with van der Waals surface area (Å²) >= 11 is 0. The third-order valence-electron chi connectivity index (χ3n) is 2.40. The summed E-state index contributed by atoms with van der Waals surface area (Å²) in [6.07, 6.45) is 6.72. The lowest BCUT2D eigenvalue weighted by atomic mass is 9.91. The van der Waals surface area contributed by atoms with E-state index in [1.807, 2.05) is 13.1 Å². The molecule has 1 unspecified atom stereocenters. The van der Waals surface area contributed by atoms with Crippen molar-refractivity contribution >= 4 is 0 Å². The molecular weight excluding hydrogens is 162 g/mol. The Kier molecular flexibility index (Phi) is 7.80. The molecule has 0 rings (SSSR count). The third-order valence-corrected chi connectivity index (χ3v) is 2.40. The molecular formula is C11H23NO. The zero-order chi connectivity index (χ0) is 10.1. The Labute approximate surface area is 82.0 Å². The van der Waals surface area contributed by atoms with Crippen LogP contribution in [0, 0.1) is 11.8 Å². The number of hydrogen-bond donors (Lipinski definition) is 2. The van der Waals surface area contributed by atoms with Crippen LogP contribution in [0.2, 0.25) is 0 Å². The Morgan fingerprint density at radius 1 is 1.31 bits per heavy atom.